The molecule has 0 radical (unpaired) electrons. The molecule has 0 aliphatic carbocycles. The second-order valence-electron chi connectivity index (χ2n) is 8.01. The van der Waals surface area contributed by atoms with Crippen LogP contribution in [0.5, 0.6) is 5.75 Å². The first kappa shape index (κ1) is 22.0. The van der Waals surface area contributed by atoms with E-state index >= 15 is 0 Å². The van der Waals surface area contributed by atoms with Gasteiger partial charge in [-0.05, 0) is 37.1 Å². The molecule has 1 atom stereocenters. The molecule has 0 unspecified atom stereocenters. The van der Waals surface area contributed by atoms with Gasteiger partial charge in [0.1, 0.15) is 21.4 Å². The molecule has 0 bridgehead atoms. The van der Waals surface area contributed by atoms with Crippen molar-refractivity contribution in [2.75, 3.05) is 13.7 Å². The van der Waals surface area contributed by atoms with Gasteiger partial charge >= 0.3 is 5.69 Å². The highest BCUT2D eigenvalue weighted by molar-refractivity contribution is 7.21. The maximum absolute atomic E-state index is 13.9. The Bertz CT molecular complexity index is 1520. The molecule has 3 aromatic heterocycles. The normalized spacial score (nSPS) is 15.7. The van der Waals surface area contributed by atoms with Crippen LogP contribution in [0, 0.1) is 12.7 Å². The Morgan fingerprint density at radius 3 is 2.68 bits per heavy atom. The zero-order valence-electron chi connectivity index (χ0n) is 18.4. The lowest BCUT2D eigenvalue weighted by atomic mass is 10.1. The Labute approximate surface area is 196 Å². The number of amides is 1. The number of ether oxygens (including phenoxy) is 1. The van der Waals surface area contributed by atoms with Crippen LogP contribution in [0.4, 0.5) is 4.39 Å². The third-order valence-electron chi connectivity index (χ3n) is 5.99. The second-order valence-corrected chi connectivity index (χ2v) is 8.99. The van der Waals surface area contributed by atoms with E-state index < -0.39 is 23.1 Å². The second kappa shape index (κ2) is 8.52. The summed E-state index contributed by atoms with van der Waals surface area (Å²) < 4.78 is 21.9. The highest BCUT2D eigenvalue weighted by Gasteiger charge is 2.29. The minimum atomic E-state index is -0.586. The van der Waals surface area contributed by atoms with Crippen molar-refractivity contribution in [2.45, 2.75) is 32.4 Å². The number of thiophene rings is 1. The van der Waals surface area contributed by atoms with Crippen LogP contribution in [-0.2, 0) is 17.8 Å². The van der Waals surface area contributed by atoms with E-state index in [4.69, 9.17) is 4.74 Å². The van der Waals surface area contributed by atoms with Gasteiger partial charge in [-0.15, -0.1) is 4.80 Å². The van der Waals surface area contributed by atoms with Crippen LogP contribution in [-0.4, -0.2) is 43.7 Å². The first-order valence-electron chi connectivity index (χ1n) is 10.6. The lowest BCUT2D eigenvalue weighted by Crippen LogP contribution is -2.43. The molecule has 1 aromatic carbocycles. The number of benzene rings is 1. The zero-order valence-corrected chi connectivity index (χ0v) is 19.3. The number of fused-ring (bicyclic) bond motifs is 1. The molecule has 1 N–H and O–H groups in total. The van der Waals surface area contributed by atoms with Crippen molar-refractivity contribution in [3.8, 4) is 10.8 Å². The SMILES string of the molecule is COc1ccc(F)cc1CCn1c(=O)n([C@H]2CNC(=O)C2)c(=O)c2c(C)c(-n3nccn3)sc21. The molecule has 0 saturated carbocycles. The molecular formula is C22H21FN6O4S. The third kappa shape index (κ3) is 3.59. The van der Waals surface area contributed by atoms with E-state index in [0.717, 1.165) is 4.57 Å². The Hall–Kier alpha value is -3.80. The summed E-state index contributed by atoms with van der Waals surface area (Å²) in [5.74, 6) is -0.114. The number of nitrogens with zero attached hydrogens (tertiary/aromatic N) is 5. The predicted molar refractivity (Wildman–Crippen MR) is 123 cm³/mol. The van der Waals surface area contributed by atoms with Crippen molar-refractivity contribution in [2.24, 2.45) is 0 Å². The van der Waals surface area contributed by atoms with Crippen LogP contribution in [0.3, 0.4) is 0 Å². The van der Waals surface area contributed by atoms with Gasteiger partial charge < -0.3 is 10.1 Å². The molecule has 4 aromatic rings. The van der Waals surface area contributed by atoms with Crippen LogP contribution >= 0.6 is 11.3 Å². The number of aryl methyl sites for hydroxylation is 3. The van der Waals surface area contributed by atoms with Crippen molar-refractivity contribution >= 4 is 27.5 Å². The smallest absolute Gasteiger partial charge is 0.332 e. The maximum atomic E-state index is 13.9. The molecule has 1 amide bonds. The molecule has 4 heterocycles. The van der Waals surface area contributed by atoms with Crippen LogP contribution in [0.2, 0.25) is 0 Å². The molecule has 1 aliphatic rings. The number of aromatic nitrogens is 5. The standard InChI is InChI=1S/C22H21FN6O4S/c1-12-18-19(31)28(15-10-17(30)24-11-15)22(32)27(21(18)34-20(12)29-25-6-7-26-29)8-5-13-9-14(23)3-4-16(13)33-2/h3-4,6-7,9,15H,5,8,10-11H2,1-2H3,(H,24,30)/t15-/m1/s1. The predicted octanol–water partition coefficient (Wildman–Crippen LogP) is 1.57. The molecule has 34 heavy (non-hydrogen) atoms. The minimum Gasteiger partial charge on any atom is -0.496 e. The van der Waals surface area contributed by atoms with Gasteiger partial charge in [0.05, 0.1) is 30.9 Å². The summed E-state index contributed by atoms with van der Waals surface area (Å²) in [6.07, 6.45) is 3.40. The summed E-state index contributed by atoms with van der Waals surface area (Å²) in [4.78, 5) is 40.8. The Kier molecular flexibility index (Phi) is 5.52. The van der Waals surface area contributed by atoms with E-state index in [0.29, 0.717) is 38.5 Å². The summed E-state index contributed by atoms with van der Waals surface area (Å²) in [6, 6.07) is 3.63. The molecule has 1 saturated heterocycles. The summed E-state index contributed by atoms with van der Waals surface area (Å²) in [5, 5.41) is 12.0. The lowest BCUT2D eigenvalue weighted by molar-refractivity contribution is -0.119. The number of nitrogens with one attached hydrogen (secondary N) is 1. The average molecular weight is 485 g/mol. The van der Waals surface area contributed by atoms with Gasteiger partial charge in [0.2, 0.25) is 5.91 Å². The van der Waals surface area contributed by atoms with Crippen LogP contribution < -0.4 is 21.3 Å². The van der Waals surface area contributed by atoms with Gasteiger partial charge in [-0.25, -0.2) is 9.18 Å². The monoisotopic (exact) mass is 484 g/mol. The maximum Gasteiger partial charge on any atom is 0.332 e. The van der Waals surface area contributed by atoms with E-state index in [1.54, 1.807) is 6.92 Å². The molecular weight excluding hydrogens is 463 g/mol. The molecule has 1 fully saturated rings. The first-order valence-corrected chi connectivity index (χ1v) is 11.4. The first-order chi connectivity index (χ1) is 16.4. The number of rotatable bonds is 6. The van der Waals surface area contributed by atoms with Crippen LogP contribution in [0.25, 0.3) is 15.2 Å². The fraction of sp³-hybridized carbons (Fsp3) is 0.318. The Morgan fingerprint density at radius 2 is 2.00 bits per heavy atom. The highest BCUT2D eigenvalue weighted by atomic mass is 32.1. The van der Waals surface area contributed by atoms with Gasteiger partial charge in [0.15, 0.2) is 0 Å². The number of halogens is 1. The number of hydrogen-bond acceptors (Lipinski definition) is 7. The fourth-order valence-corrected chi connectivity index (χ4v) is 5.57. The molecule has 1 aliphatic heterocycles. The number of methoxy groups -OCH3 is 1. The summed E-state index contributed by atoms with van der Waals surface area (Å²) in [5.41, 5.74) is 0.272. The van der Waals surface area contributed by atoms with Gasteiger partial charge in [0, 0.05) is 25.1 Å². The molecule has 10 nitrogen and oxygen atoms in total. The van der Waals surface area contributed by atoms with Crippen LogP contribution in [0.15, 0.2) is 40.2 Å². The molecule has 5 rings (SSSR count). The number of hydrogen-bond donors (Lipinski definition) is 1. The summed E-state index contributed by atoms with van der Waals surface area (Å²) >= 11 is 1.24. The van der Waals surface area contributed by atoms with Crippen molar-refractivity contribution in [3.63, 3.8) is 0 Å². The van der Waals surface area contributed by atoms with E-state index in [1.165, 1.54) is 58.4 Å². The zero-order chi connectivity index (χ0) is 24.0. The largest absolute Gasteiger partial charge is 0.496 e. The number of carbonyl (C=O) groups is 1. The minimum absolute atomic E-state index is 0.0507. The van der Waals surface area contributed by atoms with Crippen molar-refractivity contribution in [1.82, 2.24) is 29.4 Å². The van der Waals surface area contributed by atoms with E-state index in [9.17, 15) is 18.8 Å². The molecule has 12 heteroatoms. The van der Waals surface area contributed by atoms with Crippen molar-refractivity contribution in [1.29, 1.82) is 0 Å². The van der Waals surface area contributed by atoms with Gasteiger partial charge in [-0.1, -0.05) is 11.3 Å². The van der Waals surface area contributed by atoms with Crippen LogP contribution in [0.1, 0.15) is 23.6 Å². The number of carbonyl (C=O) groups excluding carboxylic acids is 1. The quantitative estimate of drug-likeness (QED) is 0.445. The Balaban J connectivity index is 1.70. The summed E-state index contributed by atoms with van der Waals surface area (Å²) in [6.45, 7) is 2.16. The van der Waals surface area contributed by atoms with Gasteiger partial charge in [0.25, 0.3) is 5.56 Å². The average Bonchev–Trinajstić information content (AvgIpc) is 3.55. The fourth-order valence-electron chi connectivity index (χ4n) is 4.33. The molecule has 0 spiro atoms. The van der Waals surface area contributed by atoms with E-state index in [1.807, 2.05) is 0 Å². The Morgan fingerprint density at radius 1 is 1.24 bits per heavy atom. The van der Waals surface area contributed by atoms with Gasteiger partial charge in [-0.3, -0.25) is 18.7 Å². The van der Waals surface area contributed by atoms with Gasteiger partial charge in [-0.2, -0.15) is 10.2 Å². The van der Waals surface area contributed by atoms with E-state index in [2.05, 4.69) is 15.5 Å². The van der Waals surface area contributed by atoms with E-state index in [-0.39, 0.29) is 25.4 Å². The highest BCUT2D eigenvalue weighted by Crippen LogP contribution is 2.31. The summed E-state index contributed by atoms with van der Waals surface area (Å²) in [7, 11) is 1.50. The third-order valence-corrected chi connectivity index (χ3v) is 7.27. The van der Waals surface area contributed by atoms with Crippen molar-refractivity contribution in [3.05, 3.63) is 68.4 Å². The lowest BCUT2D eigenvalue weighted by Gasteiger charge is -2.16. The topological polar surface area (TPSA) is 113 Å². The van der Waals surface area contributed by atoms with Crippen molar-refractivity contribution < 1.29 is 13.9 Å². The molecule has 176 valence electrons.